The summed E-state index contributed by atoms with van der Waals surface area (Å²) in [5.74, 6) is -1.14. The second-order valence-electron chi connectivity index (χ2n) is 7.14. The number of hydrogen-bond acceptors (Lipinski definition) is 6. The number of primary sulfonamides is 1. The Hall–Kier alpha value is -2.91. The summed E-state index contributed by atoms with van der Waals surface area (Å²) in [5, 5.41) is 7.94. The molecule has 162 valence electrons. The summed E-state index contributed by atoms with van der Waals surface area (Å²) in [6.45, 7) is 7.33. The summed E-state index contributed by atoms with van der Waals surface area (Å²) >= 11 is 0. The molecule has 2 aromatic rings. The molecule has 1 atom stereocenters. The smallest absolute Gasteiger partial charge is 0.342 e. The number of aryl methyl sites for hydroxylation is 1. The average Bonchev–Trinajstić information content (AvgIpc) is 2.67. The molecule has 8 nitrogen and oxygen atoms in total. The van der Waals surface area contributed by atoms with Crippen LogP contribution in [0.25, 0.3) is 0 Å². The van der Waals surface area contributed by atoms with Crippen molar-refractivity contribution >= 4 is 27.6 Å². The van der Waals surface area contributed by atoms with Gasteiger partial charge in [-0.15, -0.1) is 0 Å². The van der Waals surface area contributed by atoms with Crippen molar-refractivity contribution in [3.63, 3.8) is 0 Å². The van der Waals surface area contributed by atoms with Crippen molar-refractivity contribution in [1.82, 2.24) is 0 Å². The Labute approximate surface area is 176 Å². The summed E-state index contributed by atoms with van der Waals surface area (Å²) in [5.41, 5.74) is 2.37. The fraction of sp³-hybridized carbons (Fsp3) is 0.333. The number of nitrogens with two attached hydrogens (primary N) is 1. The lowest BCUT2D eigenvalue weighted by molar-refractivity contribution is -0.123. The molecule has 1 amide bonds. The second-order valence-corrected chi connectivity index (χ2v) is 8.70. The largest absolute Gasteiger partial charge is 0.496 e. The van der Waals surface area contributed by atoms with Gasteiger partial charge in [0.25, 0.3) is 5.91 Å². The Kier molecular flexibility index (Phi) is 7.22. The number of carbonyl (C=O) groups excluding carboxylic acids is 2. The third-order valence-corrected chi connectivity index (χ3v) is 5.46. The molecule has 0 aliphatic carbocycles. The Bertz CT molecular complexity index is 1060. The number of anilines is 1. The standard InChI is InChI=1S/C21H26N2O6S/c1-12(2)16-8-6-7-13(3)19(16)23-20(24)14(4)29-21(25)17-11-15(30(22,26)27)9-10-18(17)28-5/h6-12,14H,1-5H3,(H,23,24)(H2,22,26,27)/t14-/m0/s1. The van der Waals surface area contributed by atoms with Crippen LogP contribution < -0.4 is 15.2 Å². The molecule has 2 rings (SSSR count). The molecule has 3 N–H and O–H groups in total. The number of nitrogens with one attached hydrogen (secondary N) is 1. The predicted molar refractivity (Wildman–Crippen MR) is 113 cm³/mol. The normalized spacial score (nSPS) is 12.4. The van der Waals surface area contributed by atoms with Crippen LogP contribution in [-0.4, -0.2) is 33.5 Å². The highest BCUT2D eigenvalue weighted by molar-refractivity contribution is 7.89. The van der Waals surface area contributed by atoms with E-state index in [9.17, 15) is 18.0 Å². The van der Waals surface area contributed by atoms with Crippen LogP contribution in [0.3, 0.4) is 0 Å². The van der Waals surface area contributed by atoms with Gasteiger partial charge in [-0.2, -0.15) is 0 Å². The Morgan fingerprint density at radius 3 is 2.33 bits per heavy atom. The lowest BCUT2D eigenvalue weighted by atomic mass is 9.98. The highest BCUT2D eigenvalue weighted by atomic mass is 32.2. The summed E-state index contributed by atoms with van der Waals surface area (Å²) < 4.78 is 33.5. The summed E-state index contributed by atoms with van der Waals surface area (Å²) in [4.78, 5) is 25.0. The van der Waals surface area contributed by atoms with E-state index in [2.05, 4.69) is 5.32 Å². The van der Waals surface area contributed by atoms with Gasteiger partial charge in [0.05, 0.1) is 12.0 Å². The van der Waals surface area contributed by atoms with Crippen LogP contribution in [0, 0.1) is 6.92 Å². The van der Waals surface area contributed by atoms with Crippen molar-refractivity contribution in [2.75, 3.05) is 12.4 Å². The van der Waals surface area contributed by atoms with Gasteiger partial charge in [0.2, 0.25) is 10.0 Å². The van der Waals surface area contributed by atoms with Crippen molar-refractivity contribution in [2.24, 2.45) is 5.14 Å². The SMILES string of the molecule is COc1ccc(S(N)(=O)=O)cc1C(=O)O[C@@H](C)C(=O)Nc1c(C)cccc1C(C)C. The number of ether oxygens (including phenoxy) is 2. The molecule has 0 saturated heterocycles. The first-order valence-electron chi connectivity index (χ1n) is 9.28. The van der Waals surface area contributed by atoms with Gasteiger partial charge in [0.15, 0.2) is 6.10 Å². The molecular weight excluding hydrogens is 408 g/mol. The minimum atomic E-state index is -4.03. The lowest BCUT2D eigenvalue weighted by Gasteiger charge is -2.19. The van der Waals surface area contributed by atoms with Gasteiger partial charge in [-0.1, -0.05) is 32.0 Å². The molecule has 0 aliphatic rings. The molecule has 0 spiro atoms. The minimum absolute atomic E-state index is 0.0982. The van der Waals surface area contributed by atoms with E-state index in [4.69, 9.17) is 14.6 Å². The molecule has 0 fully saturated rings. The Balaban J connectivity index is 2.24. The molecule has 9 heteroatoms. The molecule has 0 aliphatic heterocycles. The van der Waals surface area contributed by atoms with E-state index in [1.54, 1.807) is 0 Å². The number of hydrogen-bond donors (Lipinski definition) is 2. The molecule has 0 heterocycles. The first-order chi connectivity index (χ1) is 14.0. The number of methoxy groups -OCH3 is 1. The number of carbonyl (C=O) groups is 2. The fourth-order valence-electron chi connectivity index (χ4n) is 2.87. The summed E-state index contributed by atoms with van der Waals surface area (Å²) in [6, 6.07) is 9.28. The first kappa shape index (κ1) is 23.4. The van der Waals surface area contributed by atoms with Gasteiger partial charge >= 0.3 is 5.97 Å². The van der Waals surface area contributed by atoms with Gasteiger partial charge in [-0.25, -0.2) is 18.4 Å². The molecule has 0 unspecified atom stereocenters. The zero-order chi connectivity index (χ0) is 22.6. The van der Waals surface area contributed by atoms with Crippen molar-refractivity contribution < 1.29 is 27.5 Å². The number of benzene rings is 2. The van der Waals surface area contributed by atoms with E-state index in [0.717, 1.165) is 17.2 Å². The van der Waals surface area contributed by atoms with Gasteiger partial charge in [0.1, 0.15) is 11.3 Å². The lowest BCUT2D eigenvalue weighted by Crippen LogP contribution is -2.31. The van der Waals surface area contributed by atoms with Crippen LogP contribution >= 0.6 is 0 Å². The van der Waals surface area contributed by atoms with E-state index in [1.165, 1.54) is 26.2 Å². The fourth-order valence-corrected chi connectivity index (χ4v) is 3.41. The van der Waals surface area contributed by atoms with E-state index in [1.807, 2.05) is 39.0 Å². The molecule has 0 radical (unpaired) electrons. The van der Waals surface area contributed by atoms with Crippen LogP contribution in [0.1, 0.15) is 48.2 Å². The maximum atomic E-state index is 12.7. The van der Waals surface area contributed by atoms with Crippen molar-refractivity contribution in [2.45, 2.75) is 44.6 Å². The third-order valence-electron chi connectivity index (χ3n) is 4.55. The van der Waals surface area contributed by atoms with Crippen LogP contribution in [0.15, 0.2) is 41.3 Å². The molecule has 0 saturated carbocycles. The molecular formula is C21H26N2O6S. The zero-order valence-corrected chi connectivity index (χ0v) is 18.4. The first-order valence-corrected chi connectivity index (χ1v) is 10.8. The second kappa shape index (κ2) is 9.27. The van der Waals surface area contributed by atoms with Crippen LogP contribution in [0.4, 0.5) is 5.69 Å². The van der Waals surface area contributed by atoms with Crippen LogP contribution in [0.5, 0.6) is 5.75 Å². The number of para-hydroxylation sites is 1. The molecule has 0 aromatic heterocycles. The highest BCUT2D eigenvalue weighted by Gasteiger charge is 2.24. The van der Waals surface area contributed by atoms with Crippen molar-refractivity contribution in [1.29, 1.82) is 0 Å². The van der Waals surface area contributed by atoms with E-state index >= 15 is 0 Å². The monoisotopic (exact) mass is 434 g/mol. The van der Waals surface area contributed by atoms with Crippen LogP contribution in [-0.2, 0) is 19.6 Å². The quantitative estimate of drug-likeness (QED) is 0.646. The summed E-state index contributed by atoms with van der Waals surface area (Å²) in [7, 11) is -2.71. The topological polar surface area (TPSA) is 125 Å². The predicted octanol–water partition coefficient (Wildman–Crippen LogP) is 2.96. The van der Waals surface area contributed by atoms with Gasteiger partial charge in [0, 0.05) is 5.69 Å². The molecule has 30 heavy (non-hydrogen) atoms. The maximum Gasteiger partial charge on any atom is 0.342 e. The van der Waals surface area contributed by atoms with Crippen molar-refractivity contribution in [3.8, 4) is 5.75 Å². The average molecular weight is 435 g/mol. The highest BCUT2D eigenvalue weighted by Crippen LogP contribution is 2.28. The third kappa shape index (κ3) is 5.37. The number of amides is 1. The zero-order valence-electron chi connectivity index (χ0n) is 17.6. The van der Waals surface area contributed by atoms with Gasteiger partial charge in [-0.3, -0.25) is 4.79 Å². The molecule has 2 aromatic carbocycles. The van der Waals surface area contributed by atoms with Crippen LogP contribution in [0.2, 0.25) is 0 Å². The number of sulfonamides is 1. The van der Waals surface area contributed by atoms with E-state index in [-0.39, 0.29) is 22.1 Å². The maximum absolute atomic E-state index is 12.7. The minimum Gasteiger partial charge on any atom is -0.496 e. The Morgan fingerprint density at radius 1 is 1.10 bits per heavy atom. The van der Waals surface area contributed by atoms with E-state index in [0.29, 0.717) is 5.69 Å². The number of rotatable bonds is 7. The number of esters is 1. The van der Waals surface area contributed by atoms with E-state index < -0.39 is 28.0 Å². The Morgan fingerprint density at radius 2 is 1.77 bits per heavy atom. The van der Waals surface area contributed by atoms with Gasteiger partial charge in [-0.05, 0) is 49.1 Å². The summed E-state index contributed by atoms with van der Waals surface area (Å²) in [6.07, 6.45) is -1.14. The molecule has 0 bridgehead atoms. The van der Waals surface area contributed by atoms with Crippen molar-refractivity contribution in [3.05, 3.63) is 53.1 Å². The van der Waals surface area contributed by atoms with Gasteiger partial charge < -0.3 is 14.8 Å².